The summed E-state index contributed by atoms with van der Waals surface area (Å²) in [6.07, 6.45) is 1.02. The number of rotatable bonds is 5. The summed E-state index contributed by atoms with van der Waals surface area (Å²) in [6, 6.07) is 0.888. The van der Waals surface area contributed by atoms with Crippen LogP contribution in [-0.2, 0) is 4.74 Å². The van der Waals surface area contributed by atoms with E-state index in [1.54, 1.807) is 25.7 Å². The van der Waals surface area contributed by atoms with E-state index in [9.17, 15) is 19.5 Å². The topological polar surface area (TPSA) is 141 Å². The molecule has 1 amide bonds. The molecule has 1 saturated carbocycles. The van der Waals surface area contributed by atoms with Crippen molar-refractivity contribution in [2.75, 3.05) is 37.5 Å². The number of nitrogens with one attached hydrogen (secondary N) is 1. The van der Waals surface area contributed by atoms with E-state index in [1.165, 1.54) is 11.7 Å². The highest BCUT2D eigenvalue weighted by atomic mass is 19.1. The van der Waals surface area contributed by atoms with Crippen molar-refractivity contribution in [3.8, 4) is 5.75 Å². The smallest absolute Gasteiger partial charge is 0.407 e. The molecule has 1 aliphatic heterocycles. The zero-order chi connectivity index (χ0) is 25.0. The Labute approximate surface area is 194 Å². The summed E-state index contributed by atoms with van der Waals surface area (Å²) in [4.78, 5) is 39.0. The molecule has 11 nitrogen and oxygen atoms in total. The molecule has 1 unspecified atom stereocenters. The number of carbonyl (C=O) groups is 1. The fourth-order valence-electron chi connectivity index (χ4n) is 4.34. The fraction of sp³-hybridized carbons (Fsp3) is 0.591. The number of hydrogen-bond acceptors (Lipinski definition) is 8. The van der Waals surface area contributed by atoms with E-state index in [-0.39, 0.29) is 54.4 Å². The zero-order valence-electron chi connectivity index (χ0n) is 19.7. The van der Waals surface area contributed by atoms with E-state index >= 15 is 4.39 Å². The van der Waals surface area contributed by atoms with Gasteiger partial charge >= 0.3 is 11.8 Å². The average molecular weight is 480 g/mol. The van der Waals surface area contributed by atoms with Crippen LogP contribution in [0.3, 0.4) is 0 Å². The number of fused-ring (bicyclic) bond motifs is 1. The van der Waals surface area contributed by atoms with Gasteiger partial charge in [-0.25, -0.2) is 14.0 Å². The number of alkyl carbamates (subject to hydrolysis) is 1. The summed E-state index contributed by atoms with van der Waals surface area (Å²) >= 11 is 0. The molecule has 34 heavy (non-hydrogen) atoms. The standard InChI is InChI=1S/C22H30FN5O6/c1-21(2,3)34-19(30)25-10-22(32)7-8-26(11-22)16-14(23)9-13-15(17(16)33-4)27(12-5-6-12)20(31)28(24)18(13)29/h9,12,32H,5-8,10-11,24H2,1-4H3,(H,25,30). The first-order valence-electron chi connectivity index (χ1n) is 11.1. The number of carbonyl (C=O) groups excluding carboxylic acids is 1. The van der Waals surface area contributed by atoms with Crippen LogP contribution in [0.1, 0.15) is 46.1 Å². The molecule has 1 aromatic heterocycles. The number of β-amino-alcohol motifs (C(OH)–C–C–N with tert-alkyl or cyclic N) is 1. The predicted molar refractivity (Wildman–Crippen MR) is 123 cm³/mol. The summed E-state index contributed by atoms with van der Waals surface area (Å²) in [5.74, 6) is 4.95. The van der Waals surface area contributed by atoms with E-state index in [4.69, 9.17) is 15.3 Å². The van der Waals surface area contributed by atoms with Gasteiger partial charge in [-0.3, -0.25) is 9.36 Å². The van der Waals surface area contributed by atoms with Gasteiger partial charge in [-0.2, -0.15) is 4.68 Å². The number of hydrogen-bond donors (Lipinski definition) is 3. The summed E-state index contributed by atoms with van der Waals surface area (Å²) in [5, 5.41) is 13.5. The molecule has 2 aliphatic rings. The van der Waals surface area contributed by atoms with Gasteiger partial charge < -0.3 is 30.6 Å². The molecule has 1 aliphatic carbocycles. The minimum Gasteiger partial charge on any atom is -0.492 e. The van der Waals surface area contributed by atoms with E-state index in [2.05, 4.69) is 5.32 Å². The number of nitrogen functional groups attached to an aromatic ring is 1. The second-order valence-electron chi connectivity index (χ2n) is 9.95. The number of aliphatic hydroxyl groups is 1. The lowest BCUT2D eigenvalue weighted by molar-refractivity contribution is 0.0344. The van der Waals surface area contributed by atoms with Crippen LogP contribution in [0.2, 0.25) is 0 Å². The third kappa shape index (κ3) is 4.29. The molecule has 2 heterocycles. The summed E-state index contributed by atoms with van der Waals surface area (Å²) in [7, 11) is 1.33. The lowest BCUT2D eigenvalue weighted by atomic mass is 10.0. The van der Waals surface area contributed by atoms with Crippen molar-refractivity contribution in [3.05, 3.63) is 32.7 Å². The molecule has 0 radical (unpaired) electrons. The second-order valence-corrected chi connectivity index (χ2v) is 9.95. The maximum atomic E-state index is 15.4. The van der Waals surface area contributed by atoms with Crippen LogP contribution < -0.4 is 32.0 Å². The van der Waals surface area contributed by atoms with Crippen LogP contribution in [-0.4, -0.2) is 58.4 Å². The first kappa shape index (κ1) is 23.9. The molecule has 0 spiro atoms. The summed E-state index contributed by atoms with van der Waals surface area (Å²) in [6.45, 7) is 5.34. The number of aromatic nitrogens is 2. The van der Waals surface area contributed by atoms with E-state index in [0.717, 1.165) is 18.9 Å². The Kier molecular flexibility index (Phi) is 5.75. The number of halogens is 1. The minimum absolute atomic E-state index is 0.0107. The zero-order valence-corrected chi connectivity index (χ0v) is 19.7. The summed E-state index contributed by atoms with van der Waals surface area (Å²) in [5.41, 5.74) is -3.34. The molecule has 186 valence electrons. The maximum absolute atomic E-state index is 15.4. The number of nitrogens with zero attached hydrogens (tertiary/aromatic N) is 3. The summed E-state index contributed by atoms with van der Waals surface area (Å²) < 4.78 is 28.0. The number of nitrogens with two attached hydrogens (primary N) is 1. The molecule has 1 saturated heterocycles. The number of benzene rings is 1. The lowest BCUT2D eigenvalue weighted by Gasteiger charge is -2.27. The van der Waals surface area contributed by atoms with Crippen molar-refractivity contribution < 1.29 is 23.8 Å². The van der Waals surface area contributed by atoms with Gasteiger partial charge in [-0.1, -0.05) is 0 Å². The predicted octanol–water partition coefficient (Wildman–Crippen LogP) is 0.826. The van der Waals surface area contributed by atoms with E-state index in [1.807, 2.05) is 0 Å². The third-order valence-corrected chi connectivity index (χ3v) is 6.01. The van der Waals surface area contributed by atoms with E-state index in [0.29, 0.717) is 4.68 Å². The van der Waals surface area contributed by atoms with Crippen LogP contribution in [0.5, 0.6) is 5.75 Å². The van der Waals surface area contributed by atoms with Crippen LogP contribution in [0, 0.1) is 5.82 Å². The highest BCUT2D eigenvalue weighted by Gasteiger charge is 2.40. The van der Waals surface area contributed by atoms with Gasteiger partial charge in [0.2, 0.25) is 0 Å². The van der Waals surface area contributed by atoms with Gasteiger partial charge in [0.15, 0.2) is 11.6 Å². The van der Waals surface area contributed by atoms with Gasteiger partial charge in [0, 0.05) is 19.1 Å². The van der Waals surface area contributed by atoms with Crippen molar-refractivity contribution >= 4 is 22.7 Å². The van der Waals surface area contributed by atoms with Crippen LogP contribution in [0.4, 0.5) is 14.9 Å². The second kappa shape index (κ2) is 8.19. The molecule has 0 bridgehead atoms. The molecular formula is C22H30FN5O6. The normalized spacial score (nSPS) is 20.6. The maximum Gasteiger partial charge on any atom is 0.407 e. The molecule has 1 aromatic carbocycles. The van der Waals surface area contributed by atoms with Crippen LogP contribution in [0.15, 0.2) is 15.7 Å². The lowest BCUT2D eigenvalue weighted by Crippen LogP contribution is -2.46. The van der Waals surface area contributed by atoms with Gasteiger partial charge in [-0.15, -0.1) is 0 Å². The third-order valence-electron chi connectivity index (χ3n) is 6.01. The van der Waals surface area contributed by atoms with Crippen molar-refractivity contribution in [3.63, 3.8) is 0 Å². The minimum atomic E-state index is -1.35. The molecule has 1 atom stereocenters. The van der Waals surface area contributed by atoms with Crippen molar-refractivity contribution in [1.29, 1.82) is 0 Å². The Hall–Kier alpha value is -3.28. The van der Waals surface area contributed by atoms with Crippen LogP contribution in [0.25, 0.3) is 10.9 Å². The van der Waals surface area contributed by atoms with Gasteiger partial charge in [0.1, 0.15) is 22.4 Å². The highest BCUT2D eigenvalue weighted by Crippen LogP contribution is 2.43. The van der Waals surface area contributed by atoms with Crippen molar-refractivity contribution in [2.45, 2.75) is 57.3 Å². The Balaban J connectivity index is 1.70. The quantitative estimate of drug-likeness (QED) is 0.536. The molecule has 4 N–H and O–H groups in total. The number of amides is 1. The largest absolute Gasteiger partial charge is 0.492 e. The van der Waals surface area contributed by atoms with Crippen molar-refractivity contribution in [1.82, 2.24) is 14.6 Å². The number of anilines is 1. The first-order chi connectivity index (χ1) is 15.8. The van der Waals surface area contributed by atoms with Gasteiger partial charge in [0.25, 0.3) is 5.56 Å². The van der Waals surface area contributed by atoms with Gasteiger partial charge in [0.05, 0.1) is 19.0 Å². The average Bonchev–Trinajstić information content (AvgIpc) is 3.51. The highest BCUT2D eigenvalue weighted by molar-refractivity contribution is 5.91. The Bertz CT molecular complexity index is 1260. The van der Waals surface area contributed by atoms with Gasteiger partial charge in [-0.05, 0) is 46.1 Å². The van der Waals surface area contributed by atoms with Crippen molar-refractivity contribution in [2.24, 2.45) is 0 Å². The fourth-order valence-corrected chi connectivity index (χ4v) is 4.34. The molecule has 4 rings (SSSR count). The van der Waals surface area contributed by atoms with E-state index < -0.39 is 34.4 Å². The monoisotopic (exact) mass is 479 g/mol. The molecular weight excluding hydrogens is 449 g/mol. The first-order valence-corrected chi connectivity index (χ1v) is 11.1. The Morgan fingerprint density at radius 3 is 2.62 bits per heavy atom. The number of ether oxygens (including phenoxy) is 2. The molecule has 2 aromatic rings. The Morgan fingerprint density at radius 2 is 2.03 bits per heavy atom. The Morgan fingerprint density at radius 1 is 1.35 bits per heavy atom. The number of methoxy groups -OCH3 is 1. The van der Waals surface area contributed by atoms with Crippen LogP contribution >= 0.6 is 0 Å². The molecule has 2 fully saturated rings. The SMILES string of the molecule is COc1c(N2CCC(O)(CNC(=O)OC(C)(C)C)C2)c(F)cc2c(=O)n(N)c(=O)n(C3CC3)c12. The molecule has 12 heteroatoms.